The Morgan fingerprint density at radius 1 is 1.32 bits per heavy atom. The van der Waals surface area contributed by atoms with Gasteiger partial charge in [0, 0.05) is 0 Å². The number of carbonyl (C=O) groups is 1. The van der Waals surface area contributed by atoms with Crippen LogP contribution in [-0.4, -0.2) is 26.6 Å². The van der Waals surface area contributed by atoms with Gasteiger partial charge < -0.3 is 10.4 Å². The summed E-state index contributed by atoms with van der Waals surface area (Å²) in [7, 11) is 0. The van der Waals surface area contributed by atoms with Crippen LogP contribution >= 0.6 is 11.3 Å². The second-order valence-corrected chi connectivity index (χ2v) is 5.85. The summed E-state index contributed by atoms with van der Waals surface area (Å²) < 4.78 is 0.925. The summed E-state index contributed by atoms with van der Waals surface area (Å²) >= 11 is 1.53. The lowest BCUT2D eigenvalue weighted by molar-refractivity contribution is -0.143. The largest absolute Gasteiger partial charge is 0.480 e. The molecule has 1 fully saturated rings. The lowest BCUT2D eigenvalue weighted by atomic mass is 9.81. The summed E-state index contributed by atoms with van der Waals surface area (Å²) in [6.45, 7) is 0. The molecule has 0 saturated heterocycles. The number of aliphatic carboxylic acids is 1. The molecule has 0 atom stereocenters. The highest BCUT2D eigenvalue weighted by Gasteiger charge is 2.40. The quantitative estimate of drug-likeness (QED) is 0.902. The molecule has 2 N–H and O–H groups in total. The fraction of sp³-hybridized carbons (Fsp3) is 0.462. The number of nitrogens with one attached hydrogen (secondary N) is 1. The van der Waals surface area contributed by atoms with E-state index in [-0.39, 0.29) is 0 Å². The molecule has 0 bridgehead atoms. The minimum absolute atomic E-state index is 0.643. The summed E-state index contributed by atoms with van der Waals surface area (Å²) in [5.41, 5.74) is -0.0115. The molecule has 0 amide bonds. The Kier molecular flexibility index (Phi) is 3.10. The zero-order chi connectivity index (χ0) is 13.3. The van der Waals surface area contributed by atoms with Crippen molar-refractivity contribution >= 4 is 33.3 Å². The second kappa shape index (κ2) is 4.77. The third-order valence-corrected chi connectivity index (χ3v) is 4.63. The molecular formula is C13H15N3O2S. The number of fused-ring (bicyclic) bond motifs is 1. The maximum Gasteiger partial charge on any atom is 0.329 e. The van der Waals surface area contributed by atoms with Crippen LogP contribution in [0.3, 0.4) is 0 Å². The maximum atomic E-state index is 11.7. The number of carboxylic acids is 1. The molecule has 1 aliphatic carbocycles. The molecule has 0 unspecified atom stereocenters. The van der Waals surface area contributed by atoms with Gasteiger partial charge >= 0.3 is 5.97 Å². The van der Waals surface area contributed by atoms with Crippen molar-refractivity contribution < 1.29 is 9.90 Å². The van der Waals surface area contributed by atoms with Crippen LogP contribution in [0.5, 0.6) is 0 Å². The summed E-state index contributed by atoms with van der Waals surface area (Å²) in [5, 5.41) is 14.7. The molecule has 0 aliphatic heterocycles. The van der Waals surface area contributed by atoms with Gasteiger partial charge in [-0.05, 0) is 24.3 Å². The molecule has 0 spiro atoms. The van der Waals surface area contributed by atoms with E-state index in [1.165, 1.54) is 17.7 Å². The van der Waals surface area contributed by atoms with Gasteiger partial charge in [0.05, 0.1) is 10.2 Å². The van der Waals surface area contributed by atoms with Crippen LogP contribution in [0.4, 0.5) is 5.82 Å². The average molecular weight is 277 g/mol. The Hall–Kier alpha value is -1.69. The molecule has 1 saturated carbocycles. The molecule has 1 aliphatic rings. The van der Waals surface area contributed by atoms with Crippen LogP contribution in [-0.2, 0) is 4.79 Å². The first-order valence-electron chi connectivity index (χ1n) is 6.41. The SMILES string of the molecule is O=C(O)C1(Nc2ncnc3ccsc23)CCCCC1. The topological polar surface area (TPSA) is 75.1 Å². The van der Waals surface area contributed by atoms with Gasteiger partial charge in [0.2, 0.25) is 0 Å². The first kappa shape index (κ1) is 12.3. The first-order valence-corrected chi connectivity index (χ1v) is 7.29. The van der Waals surface area contributed by atoms with E-state index in [0.29, 0.717) is 18.7 Å². The van der Waals surface area contributed by atoms with Crippen LogP contribution in [0.25, 0.3) is 10.2 Å². The van der Waals surface area contributed by atoms with Crippen molar-refractivity contribution in [2.75, 3.05) is 5.32 Å². The molecule has 0 aromatic carbocycles. The molecule has 19 heavy (non-hydrogen) atoms. The molecule has 0 radical (unpaired) electrons. The molecule has 5 nitrogen and oxygen atoms in total. The van der Waals surface area contributed by atoms with Crippen molar-refractivity contribution in [1.29, 1.82) is 0 Å². The minimum Gasteiger partial charge on any atom is -0.480 e. The van der Waals surface area contributed by atoms with E-state index >= 15 is 0 Å². The number of hydrogen-bond acceptors (Lipinski definition) is 5. The summed E-state index contributed by atoms with van der Waals surface area (Å²) in [6, 6.07) is 1.92. The summed E-state index contributed by atoms with van der Waals surface area (Å²) in [6.07, 6.45) is 5.78. The van der Waals surface area contributed by atoms with Crippen molar-refractivity contribution in [2.24, 2.45) is 0 Å². The molecule has 2 heterocycles. The molecule has 100 valence electrons. The van der Waals surface area contributed by atoms with Gasteiger partial charge in [-0.2, -0.15) is 0 Å². The number of nitrogens with zero attached hydrogens (tertiary/aromatic N) is 2. The maximum absolute atomic E-state index is 11.7. The van der Waals surface area contributed by atoms with Crippen LogP contribution in [0.1, 0.15) is 32.1 Å². The van der Waals surface area contributed by atoms with E-state index in [2.05, 4.69) is 15.3 Å². The molecule has 2 aromatic rings. The Labute approximate surface area is 114 Å². The standard InChI is InChI=1S/C13H15N3O2S/c17-12(18)13(5-2-1-3-6-13)16-11-10-9(4-7-19-10)14-8-15-11/h4,7-8H,1-3,5-6H2,(H,17,18)(H,14,15,16). The van der Waals surface area contributed by atoms with E-state index in [0.717, 1.165) is 29.5 Å². The van der Waals surface area contributed by atoms with Gasteiger partial charge in [0.15, 0.2) is 0 Å². The van der Waals surface area contributed by atoms with Gasteiger partial charge in [-0.1, -0.05) is 19.3 Å². The average Bonchev–Trinajstić information content (AvgIpc) is 2.89. The Balaban J connectivity index is 1.98. The lowest BCUT2D eigenvalue weighted by Crippen LogP contribution is -2.48. The minimum atomic E-state index is -0.872. The normalized spacial score (nSPS) is 18.3. The van der Waals surface area contributed by atoms with Gasteiger partial charge in [0.1, 0.15) is 17.7 Å². The van der Waals surface area contributed by atoms with E-state index in [4.69, 9.17) is 0 Å². The predicted octanol–water partition coefficient (Wildman–Crippen LogP) is 2.89. The van der Waals surface area contributed by atoms with E-state index in [1.54, 1.807) is 0 Å². The van der Waals surface area contributed by atoms with Crippen molar-refractivity contribution in [1.82, 2.24) is 9.97 Å². The van der Waals surface area contributed by atoms with Gasteiger partial charge in [-0.15, -0.1) is 11.3 Å². The Morgan fingerprint density at radius 3 is 2.84 bits per heavy atom. The molecule has 2 aromatic heterocycles. The van der Waals surface area contributed by atoms with Gasteiger partial charge in [-0.3, -0.25) is 0 Å². The summed E-state index contributed by atoms with van der Waals surface area (Å²) in [5.74, 6) is -0.139. The molecule has 3 rings (SSSR count). The fourth-order valence-corrected chi connectivity index (χ4v) is 3.44. The highest BCUT2D eigenvalue weighted by atomic mass is 32.1. The van der Waals surface area contributed by atoms with E-state index in [9.17, 15) is 9.90 Å². The third kappa shape index (κ3) is 2.16. The van der Waals surface area contributed by atoms with Crippen molar-refractivity contribution in [2.45, 2.75) is 37.6 Å². The van der Waals surface area contributed by atoms with Crippen LogP contribution < -0.4 is 5.32 Å². The van der Waals surface area contributed by atoms with Gasteiger partial charge in [-0.25, -0.2) is 14.8 Å². The number of aromatic nitrogens is 2. The van der Waals surface area contributed by atoms with Crippen molar-refractivity contribution in [3.63, 3.8) is 0 Å². The Bertz CT molecular complexity index is 605. The zero-order valence-corrected chi connectivity index (χ0v) is 11.2. The number of anilines is 1. The third-order valence-electron chi connectivity index (χ3n) is 3.72. The number of hydrogen-bond donors (Lipinski definition) is 2. The predicted molar refractivity (Wildman–Crippen MR) is 74.5 cm³/mol. The first-order chi connectivity index (χ1) is 9.21. The second-order valence-electron chi connectivity index (χ2n) is 4.93. The highest BCUT2D eigenvalue weighted by molar-refractivity contribution is 7.17. The smallest absolute Gasteiger partial charge is 0.329 e. The lowest BCUT2D eigenvalue weighted by Gasteiger charge is -2.34. The number of rotatable bonds is 3. The number of thiophene rings is 1. The number of carboxylic acid groups (broad SMARTS) is 1. The molecule has 6 heteroatoms. The van der Waals surface area contributed by atoms with Gasteiger partial charge in [0.25, 0.3) is 0 Å². The van der Waals surface area contributed by atoms with Crippen LogP contribution in [0.2, 0.25) is 0 Å². The van der Waals surface area contributed by atoms with Crippen molar-refractivity contribution in [3.8, 4) is 0 Å². The molecular weight excluding hydrogens is 262 g/mol. The van der Waals surface area contributed by atoms with E-state index in [1.807, 2.05) is 11.4 Å². The monoisotopic (exact) mass is 277 g/mol. The van der Waals surface area contributed by atoms with Crippen LogP contribution in [0, 0.1) is 0 Å². The highest BCUT2D eigenvalue weighted by Crippen LogP contribution is 2.34. The fourth-order valence-electron chi connectivity index (χ4n) is 2.65. The van der Waals surface area contributed by atoms with Crippen molar-refractivity contribution in [3.05, 3.63) is 17.8 Å². The summed E-state index contributed by atoms with van der Waals surface area (Å²) in [4.78, 5) is 20.1. The zero-order valence-electron chi connectivity index (χ0n) is 10.4. The Morgan fingerprint density at radius 2 is 2.11 bits per heavy atom. The van der Waals surface area contributed by atoms with Crippen LogP contribution in [0.15, 0.2) is 17.8 Å². The van der Waals surface area contributed by atoms with E-state index < -0.39 is 11.5 Å².